The number of nitrogens with zero attached hydrogens (tertiary/aromatic N) is 3. The summed E-state index contributed by atoms with van der Waals surface area (Å²) in [5.41, 5.74) is 2.06. The Kier molecular flexibility index (Phi) is 5.67. The van der Waals surface area contributed by atoms with Crippen molar-refractivity contribution >= 4 is 11.7 Å². The van der Waals surface area contributed by atoms with Crippen LogP contribution in [-0.2, 0) is 6.42 Å². The Morgan fingerprint density at radius 1 is 1.21 bits per heavy atom. The van der Waals surface area contributed by atoms with Crippen LogP contribution in [0.15, 0.2) is 30.5 Å². The minimum atomic E-state index is -4.46. The topological polar surface area (TPSA) is 50.2 Å². The van der Waals surface area contributed by atoms with Gasteiger partial charge in [-0.15, -0.1) is 0 Å². The van der Waals surface area contributed by atoms with E-state index in [0.29, 0.717) is 13.1 Å². The number of rotatable bonds is 5. The van der Waals surface area contributed by atoms with Crippen LogP contribution in [0.2, 0.25) is 0 Å². The molecule has 0 fully saturated rings. The van der Waals surface area contributed by atoms with Crippen LogP contribution in [0.5, 0.6) is 0 Å². The Labute approximate surface area is 162 Å². The molecule has 1 aliphatic heterocycles. The molecule has 2 aromatic rings. The normalized spacial score (nSPS) is 19.1. The molecule has 2 heterocycles. The second kappa shape index (κ2) is 7.85. The molecule has 1 N–H and O–H groups in total. The number of nitrogens with one attached hydrogen (secondary N) is 1. The molecule has 0 unspecified atom stereocenters. The Morgan fingerprint density at radius 2 is 1.86 bits per heavy atom. The Hall–Kier alpha value is -2.51. The molecule has 0 aliphatic carbocycles. The lowest BCUT2D eigenvalue weighted by Crippen LogP contribution is -2.37. The zero-order valence-electron chi connectivity index (χ0n) is 16.3. The van der Waals surface area contributed by atoms with Gasteiger partial charge < -0.3 is 10.2 Å². The van der Waals surface area contributed by atoms with E-state index in [4.69, 9.17) is 0 Å². The molecule has 0 saturated heterocycles. The predicted molar refractivity (Wildman–Crippen MR) is 101 cm³/mol. The molecule has 8 heteroatoms. The smallest absolute Gasteiger partial charge is 0.363 e. The summed E-state index contributed by atoms with van der Waals surface area (Å²) in [6, 6.07) is 5.22. The molecule has 1 aliphatic rings. The molecule has 0 radical (unpaired) electrons. The third-order valence-corrected chi connectivity index (χ3v) is 5.31. The van der Waals surface area contributed by atoms with Gasteiger partial charge in [0.05, 0.1) is 12.2 Å². The van der Waals surface area contributed by atoms with E-state index in [1.54, 1.807) is 4.90 Å². The van der Waals surface area contributed by atoms with Crippen LogP contribution in [-0.4, -0.2) is 39.9 Å². The number of alkyl halides is 3. The van der Waals surface area contributed by atoms with Crippen molar-refractivity contribution in [3.63, 3.8) is 0 Å². The highest BCUT2D eigenvalue weighted by Crippen LogP contribution is 2.44. The fraction of sp³-hybridized carbons (Fsp3) is 0.500. The molecule has 28 heavy (non-hydrogen) atoms. The van der Waals surface area contributed by atoms with Gasteiger partial charge in [-0.25, -0.2) is 4.68 Å². The van der Waals surface area contributed by atoms with Gasteiger partial charge in [0.25, 0.3) is 5.91 Å². The molecular formula is C20H25F3N4O. The summed E-state index contributed by atoms with van der Waals surface area (Å²) in [5.74, 6) is -0.184. The summed E-state index contributed by atoms with van der Waals surface area (Å²) in [4.78, 5) is 14.3. The van der Waals surface area contributed by atoms with Crippen LogP contribution < -0.4 is 5.32 Å². The van der Waals surface area contributed by atoms with Gasteiger partial charge in [0.15, 0.2) is 6.04 Å². The van der Waals surface area contributed by atoms with E-state index in [9.17, 15) is 18.0 Å². The van der Waals surface area contributed by atoms with Crippen LogP contribution in [0.4, 0.5) is 19.0 Å². The summed E-state index contributed by atoms with van der Waals surface area (Å²) in [6.07, 6.45) is -2.54. The standard InChI is InChI=1S/C20H25F3N4O/c1-4-13-7-9-14(10-8-13)16-11-17(20(21,22)23)27-18(25-16)15(12-24-27)19(28)26(5-2)6-3/h7-10,12,16-17,25H,4-6,11H2,1-3H3/t16-,17-/m0/s1. The van der Waals surface area contributed by atoms with Crippen LogP contribution in [0, 0.1) is 0 Å². The van der Waals surface area contributed by atoms with Gasteiger partial charge >= 0.3 is 6.18 Å². The predicted octanol–water partition coefficient (Wildman–Crippen LogP) is 4.59. The number of hydrogen-bond acceptors (Lipinski definition) is 3. The molecule has 1 aromatic carbocycles. The highest BCUT2D eigenvalue weighted by molar-refractivity contribution is 5.98. The minimum Gasteiger partial charge on any atom is -0.363 e. The molecule has 0 bridgehead atoms. The quantitative estimate of drug-likeness (QED) is 0.807. The number of anilines is 1. The van der Waals surface area contributed by atoms with Gasteiger partial charge in [-0.05, 0) is 31.4 Å². The Morgan fingerprint density at radius 3 is 2.39 bits per heavy atom. The number of amides is 1. The summed E-state index contributed by atoms with van der Waals surface area (Å²) < 4.78 is 42.1. The molecular weight excluding hydrogens is 369 g/mol. The van der Waals surface area contributed by atoms with Crippen molar-refractivity contribution in [2.75, 3.05) is 18.4 Å². The van der Waals surface area contributed by atoms with Gasteiger partial charge in [-0.3, -0.25) is 4.79 Å². The van der Waals surface area contributed by atoms with Gasteiger partial charge in [0, 0.05) is 19.5 Å². The van der Waals surface area contributed by atoms with Crippen molar-refractivity contribution in [1.82, 2.24) is 14.7 Å². The van der Waals surface area contributed by atoms with E-state index >= 15 is 0 Å². The third kappa shape index (κ3) is 3.72. The monoisotopic (exact) mass is 394 g/mol. The van der Waals surface area contributed by atoms with Gasteiger partial charge in [-0.1, -0.05) is 31.2 Å². The Bertz CT molecular complexity index is 825. The average molecular weight is 394 g/mol. The third-order valence-electron chi connectivity index (χ3n) is 5.31. The average Bonchev–Trinajstić information content (AvgIpc) is 3.11. The van der Waals surface area contributed by atoms with Crippen molar-refractivity contribution in [1.29, 1.82) is 0 Å². The van der Waals surface area contributed by atoms with E-state index in [1.807, 2.05) is 45.0 Å². The fourth-order valence-corrected chi connectivity index (χ4v) is 3.60. The van der Waals surface area contributed by atoms with E-state index in [2.05, 4.69) is 10.4 Å². The number of fused-ring (bicyclic) bond motifs is 1. The zero-order valence-corrected chi connectivity index (χ0v) is 16.3. The molecule has 3 rings (SSSR count). The van der Waals surface area contributed by atoms with Gasteiger partial charge in [-0.2, -0.15) is 18.3 Å². The van der Waals surface area contributed by atoms with Crippen molar-refractivity contribution < 1.29 is 18.0 Å². The lowest BCUT2D eigenvalue weighted by atomic mass is 9.95. The van der Waals surface area contributed by atoms with Crippen molar-refractivity contribution in [3.8, 4) is 0 Å². The fourth-order valence-electron chi connectivity index (χ4n) is 3.60. The summed E-state index contributed by atoms with van der Waals surface area (Å²) in [7, 11) is 0. The largest absolute Gasteiger partial charge is 0.410 e. The Balaban J connectivity index is 2.01. The molecule has 2 atom stereocenters. The zero-order chi connectivity index (χ0) is 20.5. The van der Waals surface area contributed by atoms with Crippen LogP contribution in [0.25, 0.3) is 0 Å². The van der Waals surface area contributed by atoms with Crippen LogP contribution in [0.3, 0.4) is 0 Å². The second-order valence-electron chi connectivity index (χ2n) is 6.91. The first-order valence-electron chi connectivity index (χ1n) is 9.58. The number of aryl methyl sites for hydroxylation is 1. The highest BCUT2D eigenvalue weighted by Gasteiger charge is 2.47. The number of carbonyl (C=O) groups excluding carboxylic acids is 1. The lowest BCUT2D eigenvalue weighted by molar-refractivity contribution is -0.173. The maximum absolute atomic E-state index is 13.7. The summed E-state index contributed by atoms with van der Waals surface area (Å²) in [5, 5.41) is 7.06. The van der Waals surface area contributed by atoms with Crippen molar-refractivity contribution in [3.05, 3.63) is 47.2 Å². The first kappa shape index (κ1) is 20.2. The van der Waals surface area contributed by atoms with E-state index in [-0.39, 0.29) is 23.7 Å². The first-order valence-corrected chi connectivity index (χ1v) is 9.58. The maximum Gasteiger partial charge on any atom is 0.410 e. The van der Waals surface area contributed by atoms with Gasteiger partial charge in [0.2, 0.25) is 0 Å². The van der Waals surface area contributed by atoms with Crippen molar-refractivity contribution in [2.24, 2.45) is 0 Å². The molecule has 1 amide bonds. The molecule has 152 valence electrons. The highest BCUT2D eigenvalue weighted by atomic mass is 19.4. The minimum absolute atomic E-state index is 0.134. The van der Waals surface area contributed by atoms with Crippen LogP contribution in [0.1, 0.15) is 60.8 Å². The molecule has 0 saturated carbocycles. The maximum atomic E-state index is 13.7. The SMILES string of the molecule is CCc1ccc([C@@H]2C[C@@H](C(F)(F)F)n3ncc(C(=O)N(CC)CC)c3N2)cc1. The van der Waals surface area contributed by atoms with Crippen LogP contribution >= 0.6 is 0 Å². The number of aromatic nitrogens is 2. The number of benzene rings is 1. The van der Waals surface area contributed by atoms with E-state index in [0.717, 1.165) is 22.2 Å². The second-order valence-corrected chi connectivity index (χ2v) is 6.91. The summed E-state index contributed by atoms with van der Waals surface area (Å²) >= 11 is 0. The summed E-state index contributed by atoms with van der Waals surface area (Å²) in [6.45, 7) is 6.65. The van der Waals surface area contributed by atoms with E-state index < -0.39 is 18.3 Å². The van der Waals surface area contributed by atoms with E-state index in [1.165, 1.54) is 6.20 Å². The van der Waals surface area contributed by atoms with Crippen molar-refractivity contribution in [2.45, 2.75) is 51.9 Å². The number of carbonyl (C=O) groups is 1. The first-order chi connectivity index (χ1) is 13.3. The number of halogens is 3. The molecule has 0 spiro atoms. The lowest BCUT2D eigenvalue weighted by Gasteiger charge is -2.34. The molecule has 5 nitrogen and oxygen atoms in total. The van der Waals surface area contributed by atoms with Gasteiger partial charge in [0.1, 0.15) is 11.4 Å². The number of hydrogen-bond donors (Lipinski definition) is 1. The molecule has 1 aromatic heterocycles.